The number of furan rings is 1. The molecule has 9 rings (SSSR count). The molecule has 0 fully saturated rings. The van der Waals surface area contributed by atoms with Crippen molar-refractivity contribution in [1.29, 1.82) is 0 Å². The number of benzene rings is 8. The minimum atomic E-state index is 0.917. The lowest BCUT2D eigenvalue weighted by atomic mass is 9.83. The van der Waals surface area contributed by atoms with E-state index in [1.54, 1.807) is 0 Å². The van der Waals surface area contributed by atoms with Crippen LogP contribution < -0.4 is 0 Å². The Balaban J connectivity index is 1.46. The maximum absolute atomic E-state index is 6.80. The molecule has 9 aromatic rings. The third kappa shape index (κ3) is 3.87. The second-order valence-electron chi connectivity index (χ2n) is 12.1. The van der Waals surface area contributed by atoms with E-state index in [2.05, 4.69) is 159 Å². The van der Waals surface area contributed by atoms with Gasteiger partial charge >= 0.3 is 0 Å². The van der Waals surface area contributed by atoms with E-state index >= 15 is 0 Å². The molecule has 1 nitrogen and oxygen atoms in total. The first-order chi connectivity index (χ1) is 22.2. The predicted molar refractivity (Wildman–Crippen MR) is 192 cm³/mol. The van der Waals surface area contributed by atoms with Crippen molar-refractivity contribution in [2.24, 2.45) is 0 Å². The molecule has 0 bridgehead atoms. The number of hydrogen-bond acceptors (Lipinski definition) is 1. The van der Waals surface area contributed by atoms with Crippen molar-refractivity contribution in [3.8, 4) is 33.4 Å². The van der Waals surface area contributed by atoms with E-state index in [9.17, 15) is 0 Å². The SMILES string of the molecule is Cc1ccccc1-c1cc(-c2c3ccccc3c(-c3ccc4ccccc4c3)c3ccccc23)c2oc3ccccc3c2c1C. The first-order valence-corrected chi connectivity index (χ1v) is 15.6. The first-order valence-electron chi connectivity index (χ1n) is 15.6. The molecule has 0 spiro atoms. The van der Waals surface area contributed by atoms with Gasteiger partial charge in [-0.2, -0.15) is 0 Å². The summed E-state index contributed by atoms with van der Waals surface area (Å²) in [6.07, 6.45) is 0. The van der Waals surface area contributed by atoms with Gasteiger partial charge in [-0.15, -0.1) is 0 Å². The minimum Gasteiger partial charge on any atom is -0.455 e. The van der Waals surface area contributed by atoms with E-state index in [1.165, 1.54) is 76.6 Å². The zero-order valence-electron chi connectivity index (χ0n) is 25.3. The summed E-state index contributed by atoms with van der Waals surface area (Å²) in [6, 6.07) is 52.8. The van der Waals surface area contributed by atoms with Crippen LogP contribution in [0.25, 0.3) is 87.6 Å². The monoisotopic (exact) mass is 574 g/mol. The highest BCUT2D eigenvalue weighted by Gasteiger charge is 2.23. The van der Waals surface area contributed by atoms with Crippen molar-refractivity contribution in [3.63, 3.8) is 0 Å². The van der Waals surface area contributed by atoms with Crippen molar-refractivity contribution in [2.45, 2.75) is 13.8 Å². The summed E-state index contributed by atoms with van der Waals surface area (Å²) in [7, 11) is 0. The molecule has 0 aliphatic heterocycles. The molecule has 45 heavy (non-hydrogen) atoms. The average Bonchev–Trinajstić information content (AvgIpc) is 3.48. The van der Waals surface area contributed by atoms with Gasteiger partial charge < -0.3 is 4.42 Å². The summed E-state index contributed by atoms with van der Waals surface area (Å²) in [5.74, 6) is 0. The van der Waals surface area contributed by atoms with Crippen molar-refractivity contribution in [1.82, 2.24) is 0 Å². The average molecular weight is 575 g/mol. The Morgan fingerprint density at radius 3 is 1.71 bits per heavy atom. The third-order valence-electron chi connectivity index (χ3n) is 9.58. The van der Waals surface area contributed by atoms with Crippen LogP contribution in [-0.4, -0.2) is 0 Å². The van der Waals surface area contributed by atoms with Crippen LogP contribution in [0.15, 0.2) is 150 Å². The molecule has 0 aliphatic carbocycles. The maximum atomic E-state index is 6.80. The normalized spacial score (nSPS) is 11.8. The number of fused-ring (bicyclic) bond motifs is 6. The van der Waals surface area contributed by atoms with Crippen LogP contribution >= 0.6 is 0 Å². The van der Waals surface area contributed by atoms with Crippen LogP contribution in [0.3, 0.4) is 0 Å². The zero-order valence-corrected chi connectivity index (χ0v) is 25.3. The Morgan fingerprint density at radius 1 is 0.422 bits per heavy atom. The highest BCUT2D eigenvalue weighted by Crippen LogP contribution is 2.49. The number of rotatable bonds is 3. The third-order valence-corrected chi connectivity index (χ3v) is 9.58. The summed E-state index contributed by atoms with van der Waals surface area (Å²) in [6.45, 7) is 4.45. The van der Waals surface area contributed by atoms with E-state index in [0.717, 1.165) is 22.1 Å². The largest absolute Gasteiger partial charge is 0.455 e. The van der Waals surface area contributed by atoms with Gasteiger partial charge in [-0.05, 0) is 97.7 Å². The molecular formula is C44H30O. The molecule has 8 aromatic carbocycles. The molecule has 1 aromatic heterocycles. The topological polar surface area (TPSA) is 13.1 Å². The lowest BCUT2D eigenvalue weighted by Crippen LogP contribution is -1.94. The van der Waals surface area contributed by atoms with E-state index in [-0.39, 0.29) is 0 Å². The van der Waals surface area contributed by atoms with Gasteiger partial charge in [0.2, 0.25) is 0 Å². The van der Waals surface area contributed by atoms with E-state index in [4.69, 9.17) is 4.42 Å². The maximum Gasteiger partial charge on any atom is 0.143 e. The highest BCUT2D eigenvalue weighted by molar-refractivity contribution is 6.25. The molecule has 0 unspecified atom stereocenters. The fourth-order valence-corrected chi connectivity index (χ4v) is 7.48. The Labute approximate surface area is 262 Å². The van der Waals surface area contributed by atoms with E-state index in [0.29, 0.717) is 0 Å². The van der Waals surface area contributed by atoms with Crippen LogP contribution in [0.4, 0.5) is 0 Å². The van der Waals surface area contributed by atoms with Crippen molar-refractivity contribution in [3.05, 3.63) is 157 Å². The molecule has 0 N–H and O–H groups in total. The molecule has 1 heteroatoms. The molecule has 212 valence electrons. The van der Waals surface area contributed by atoms with Crippen LogP contribution in [0.1, 0.15) is 11.1 Å². The lowest BCUT2D eigenvalue weighted by molar-refractivity contribution is 0.670. The highest BCUT2D eigenvalue weighted by atomic mass is 16.3. The number of para-hydroxylation sites is 1. The van der Waals surface area contributed by atoms with Crippen LogP contribution in [0, 0.1) is 13.8 Å². The number of aryl methyl sites for hydroxylation is 2. The molecule has 0 saturated heterocycles. The zero-order chi connectivity index (χ0) is 30.1. The molecule has 1 heterocycles. The van der Waals surface area contributed by atoms with Gasteiger partial charge in [-0.1, -0.05) is 127 Å². The summed E-state index contributed by atoms with van der Waals surface area (Å²) < 4.78 is 6.80. The minimum absolute atomic E-state index is 0.917. The van der Waals surface area contributed by atoms with Gasteiger partial charge in [0.15, 0.2) is 0 Å². The van der Waals surface area contributed by atoms with Gasteiger partial charge in [-0.3, -0.25) is 0 Å². The van der Waals surface area contributed by atoms with Crippen LogP contribution in [0.2, 0.25) is 0 Å². The van der Waals surface area contributed by atoms with Crippen molar-refractivity contribution < 1.29 is 4.42 Å². The summed E-state index contributed by atoms with van der Waals surface area (Å²) in [5.41, 5.74) is 11.7. The van der Waals surface area contributed by atoms with Gasteiger partial charge in [0, 0.05) is 21.9 Å². The van der Waals surface area contributed by atoms with Crippen LogP contribution in [0.5, 0.6) is 0 Å². The van der Waals surface area contributed by atoms with Crippen molar-refractivity contribution >= 4 is 54.3 Å². The van der Waals surface area contributed by atoms with Crippen molar-refractivity contribution in [2.75, 3.05) is 0 Å². The molecule has 0 radical (unpaired) electrons. The second-order valence-corrected chi connectivity index (χ2v) is 12.1. The Bertz CT molecular complexity index is 2560. The molecule has 0 saturated carbocycles. The Morgan fingerprint density at radius 2 is 1.00 bits per heavy atom. The summed E-state index contributed by atoms with van der Waals surface area (Å²) in [5, 5.41) is 9.77. The molecule has 0 amide bonds. The Hall–Kier alpha value is -5.66. The summed E-state index contributed by atoms with van der Waals surface area (Å²) in [4.78, 5) is 0. The van der Waals surface area contributed by atoms with Crippen LogP contribution in [-0.2, 0) is 0 Å². The fraction of sp³-hybridized carbons (Fsp3) is 0.0455. The van der Waals surface area contributed by atoms with Gasteiger partial charge in [0.05, 0.1) is 0 Å². The Kier molecular flexibility index (Phi) is 5.70. The lowest BCUT2D eigenvalue weighted by Gasteiger charge is -2.20. The quantitative estimate of drug-likeness (QED) is 0.191. The van der Waals surface area contributed by atoms with E-state index < -0.39 is 0 Å². The van der Waals surface area contributed by atoms with Gasteiger partial charge in [0.1, 0.15) is 11.2 Å². The first kappa shape index (κ1) is 25.8. The summed E-state index contributed by atoms with van der Waals surface area (Å²) >= 11 is 0. The molecule has 0 atom stereocenters. The number of hydrogen-bond donors (Lipinski definition) is 0. The smallest absolute Gasteiger partial charge is 0.143 e. The fourth-order valence-electron chi connectivity index (χ4n) is 7.48. The predicted octanol–water partition coefficient (Wildman–Crippen LogP) is 12.7. The standard InChI is InChI=1S/C44H30O/c1-27-13-3-6-16-32(27)38-26-39(44-41(28(38)2)37-21-11-12-22-40(37)45-44)43-35-19-9-7-17-33(35)42(34-18-8-10-20-36(34)43)31-24-23-29-14-4-5-15-30(29)25-31/h3-26H,1-2H3. The van der Waals surface area contributed by atoms with Gasteiger partial charge in [0.25, 0.3) is 0 Å². The second kappa shape index (κ2) is 9.94. The molecular weight excluding hydrogens is 544 g/mol. The molecule has 0 aliphatic rings. The van der Waals surface area contributed by atoms with Gasteiger partial charge in [-0.25, -0.2) is 0 Å². The van der Waals surface area contributed by atoms with E-state index in [1.807, 2.05) is 0 Å².